The van der Waals surface area contributed by atoms with Gasteiger partial charge >= 0.3 is 5.97 Å². The number of furan rings is 1. The van der Waals surface area contributed by atoms with Gasteiger partial charge in [-0.2, -0.15) is 0 Å². The minimum Gasteiger partial charge on any atom is -0.480 e. The Morgan fingerprint density at radius 1 is 1.11 bits per heavy atom. The van der Waals surface area contributed by atoms with E-state index in [-0.39, 0.29) is 18.8 Å². The molecular weight excluding hydrogens is 246 g/mol. The van der Waals surface area contributed by atoms with Gasteiger partial charge in [-0.15, -0.1) is 0 Å². The molecule has 1 amide bonds. The highest BCUT2D eigenvalue weighted by molar-refractivity contribution is 5.93. The summed E-state index contributed by atoms with van der Waals surface area (Å²) < 4.78 is 5.01. The van der Waals surface area contributed by atoms with Gasteiger partial charge in [0.1, 0.15) is 6.54 Å². The van der Waals surface area contributed by atoms with E-state index in [1.165, 1.54) is 17.2 Å². The Morgan fingerprint density at radius 2 is 1.84 bits per heavy atom. The van der Waals surface area contributed by atoms with Crippen molar-refractivity contribution >= 4 is 11.9 Å². The lowest BCUT2D eigenvalue weighted by Crippen LogP contribution is -2.34. The molecule has 0 saturated heterocycles. The number of amides is 1. The minimum absolute atomic E-state index is 0.136. The number of carbonyl (C=O) groups excluding carboxylic acids is 1. The number of aliphatic carboxylic acids is 1. The van der Waals surface area contributed by atoms with Gasteiger partial charge in [-0.3, -0.25) is 9.59 Å². The SMILES string of the molecule is O=C(O)CN(Cc1ccccc1)C(=O)c1ccco1. The molecule has 0 radical (unpaired) electrons. The van der Waals surface area contributed by atoms with E-state index in [9.17, 15) is 9.59 Å². The lowest BCUT2D eigenvalue weighted by atomic mass is 10.2. The van der Waals surface area contributed by atoms with Crippen molar-refractivity contribution < 1.29 is 19.1 Å². The maximum absolute atomic E-state index is 12.1. The fourth-order valence-corrected chi connectivity index (χ4v) is 1.72. The monoisotopic (exact) mass is 259 g/mol. The Hall–Kier alpha value is -2.56. The summed E-state index contributed by atoms with van der Waals surface area (Å²) in [5.74, 6) is -1.36. The van der Waals surface area contributed by atoms with Crippen LogP contribution in [-0.2, 0) is 11.3 Å². The van der Waals surface area contributed by atoms with Gasteiger partial charge in [-0.25, -0.2) is 0 Å². The molecule has 98 valence electrons. The fraction of sp³-hybridized carbons (Fsp3) is 0.143. The van der Waals surface area contributed by atoms with Crippen LogP contribution >= 0.6 is 0 Å². The second-order valence-corrected chi connectivity index (χ2v) is 4.02. The minimum atomic E-state index is -1.06. The van der Waals surface area contributed by atoms with Gasteiger partial charge in [0.15, 0.2) is 5.76 Å². The number of carboxylic acid groups (broad SMARTS) is 1. The Labute approximate surface area is 110 Å². The molecule has 0 aliphatic heterocycles. The van der Waals surface area contributed by atoms with E-state index < -0.39 is 11.9 Å². The molecule has 1 N–H and O–H groups in total. The lowest BCUT2D eigenvalue weighted by Gasteiger charge is -2.19. The molecule has 2 rings (SSSR count). The first-order chi connectivity index (χ1) is 9.16. The van der Waals surface area contributed by atoms with E-state index in [4.69, 9.17) is 9.52 Å². The van der Waals surface area contributed by atoms with E-state index in [1.807, 2.05) is 30.3 Å². The molecule has 1 aromatic carbocycles. The van der Waals surface area contributed by atoms with Crippen molar-refractivity contribution in [3.05, 3.63) is 60.1 Å². The predicted octanol–water partition coefficient (Wildman–Crippen LogP) is 2.01. The number of carboxylic acids is 1. The zero-order valence-corrected chi connectivity index (χ0v) is 10.2. The predicted molar refractivity (Wildman–Crippen MR) is 67.5 cm³/mol. The summed E-state index contributed by atoms with van der Waals surface area (Å²) in [7, 11) is 0. The Morgan fingerprint density at radius 3 is 2.42 bits per heavy atom. The average molecular weight is 259 g/mol. The van der Waals surface area contributed by atoms with Crippen molar-refractivity contribution in [2.24, 2.45) is 0 Å². The quantitative estimate of drug-likeness (QED) is 0.891. The summed E-state index contributed by atoms with van der Waals surface area (Å²) in [5, 5.41) is 8.88. The molecular formula is C14H13NO4. The number of hydrogen-bond acceptors (Lipinski definition) is 3. The van der Waals surface area contributed by atoms with Crippen molar-refractivity contribution in [2.75, 3.05) is 6.54 Å². The van der Waals surface area contributed by atoms with Crippen molar-refractivity contribution in [2.45, 2.75) is 6.54 Å². The van der Waals surface area contributed by atoms with Crippen LogP contribution in [0.5, 0.6) is 0 Å². The van der Waals surface area contributed by atoms with Crippen LogP contribution in [0.1, 0.15) is 16.1 Å². The van der Waals surface area contributed by atoms with Crippen LogP contribution in [0.2, 0.25) is 0 Å². The molecule has 1 heterocycles. The molecule has 0 unspecified atom stereocenters. The molecule has 0 spiro atoms. The number of rotatable bonds is 5. The third-order valence-corrected chi connectivity index (χ3v) is 2.56. The second-order valence-electron chi connectivity index (χ2n) is 4.02. The molecule has 5 heteroatoms. The van der Waals surface area contributed by atoms with Gasteiger partial charge in [-0.1, -0.05) is 30.3 Å². The van der Waals surface area contributed by atoms with Crippen LogP contribution in [0.25, 0.3) is 0 Å². The molecule has 19 heavy (non-hydrogen) atoms. The number of nitrogens with zero attached hydrogens (tertiary/aromatic N) is 1. The molecule has 0 bridgehead atoms. The van der Waals surface area contributed by atoms with Crippen LogP contribution < -0.4 is 0 Å². The number of carbonyl (C=O) groups is 2. The molecule has 0 aliphatic rings. The highest BCUT2D eigenvalue weighted by Gasteiger charge is 2.20. The van der Waals surface area contributed by atoms with Crippen molar-refractivity contribution in [1.29, 1.82) is 0 Å². The van der Waals surface area contributed by atoms with E-state index >= 15 is 0 Å². The molecule has 0 aliphatic carbocycles. The zero-order chi connectivity index (χ0) is 13.7. The van der Waals surface area contributed by atoms with Crippen LogP contribution in [0.15, 0.2) is 53.1 Å². The van der Waals surface area contributed by atoms with Crippen molar-refractivity contribution in [3.63, 3.8) is 0 Å². The van der Waals surface area contributed by atoms with Crippen molar-refractivity contribution in [3.8, 4) is 0 Å². The largest absolute Gasteiger partial charge is 0.480 e. The fourth-order valence-electron chi connectivity index (χ4n) is 1.72. The highest BCUT2D eigenvalue weighted by Crippen LogP contribution is 2.10. The summed E-state index contributed by atoms with van der Waals surface area (Å²) >= 11 is 0. The molecule has 2 aromatic rings. The summed E-state index contributed by atoms with van der Waals surface area (Å²) in [6, 6.07) is 12.3. The summed E-state index contributed by atoms with van der Waals surface area (Å²) in [6.07, 6.45) is 1.38. The maximum Gasteiger partial charge on any atom is 0.323 e. The van der Waals surface area contributed by atoms with Gasteiger partial charge in [0.25, 0.3) is 5.91 Å². The molecule has 0 atom stereocenters. The normalized spacial score (nSPS) is 10.1. The molecule has 0 saturated carbocycles. The highest BCUT2D eigenvalue weighted by atomic mass is 16.4. The topological polar surface area (TPSA) is 70.8 Å². The Kier molecular flexibility index (Phi) is 3.97. The number of hydrogen-bond donors (Lipinski definition) is 1. The van der Waals surface area contributed by atoms with Crippen LogP contribution in [0.4, 0.5) is 0 Å². The van der Waals surface area contributed by atoms with Crippen LogP contribution in [-0.4, -0.2) is 28.4 Å². The van der Waals surface area contributed by atoms with Crippen molar-refractivity contribution in [1.82, 2.24) is 4.90 Å². The molecule has 5 nitrogen and oxygen atoms in total. The Bertz CT molecular complexity index is 548. The standard InChI is InChI=1S/C14H13NO4/c16-13(17)10-15(9-11-5-2-1-3-6-11)14(18)12-7-4-8-19-12/h1-8H,9-10H2,(H,16,17). The zero-order valence-electron chi connectivity index (χ0n) is 10.2. The van der Waals surface area contributed by atoms with E-state index in [2.05, 4.69) is 0 Å². The summed E-state index contributed by atoms with van der Waals surface area (Å²) in [5.41, 5.74) is 0.864. The molecule has 1 aromatic heterocycles. The first kappa shape index (κ1) is 12.9. The van der Waals surface area contributed by atoms with E-state index in [0.717, 1.165) is 5.56 Å². The van der Waals surface area contributed by atoms with Gasteiger partial charge in [-0.05, 0) is 17.7 Å². The van der Waals surface area contributed by atoms with Gasteiger partial charge in [0.05, 0.1) is 6.26 Å². The smallest absolute Gasteiger partial charge is 0.323 e. The molecule has 0 fully saturated rings. The first-order valence-electron chi connectivity index (χ1n) is 5.75. The maximum atomic E-state index is 12.1. The average Bonchev–Trinajstić information content (AvgIpc) is 2.91. The first-order valence-corrected chi connectivity index (χ1v) is 5.75. The van der Waals surface area contributed by atoms with Gasteiger partial charge < -0.3 is 14.4 Å². The third kappa shape index (κ3) is 3.45. The lowest BCUT2D eigenvalue weighted by molar-refractivity contribution is -0.137. The second kappa shape index (κ2) is 5.86. The van der Waals surface area contributed by atoms with Crippen LogP contribution in [0.3, 0.4) is 0 Å². The van der Waals surface area contributed by atoms with Crippen LogP contribution in [0, 0.1) is 0 Å². The van der Waals surface area contributed by atoms with E-state index in [1.54, 1.807) is 6.07 Å². The summed E-state index contributed by atoms with van der Waals surface area (Å²) in [4.78, 5) is 24.2. The third-order valence-electron chi connectivity index (χ3n) is 2.56. The van der Waals surface area contributed by atoms with E-state index in [0.29, 0.717) is 0 Å². The number of benzene rings is 1. The Balaban J connectivity index is 2.16. The van der Waals surface area contributed by atoms with Gasteiger partial charge in [0.2, 0.25) is 0 Å². The van der Waals surface area contributed by atoms with Gasteiger partial charge in [0, 0.05) is 6.54 Å². The summed E-state index contributed by atoms with van der Waals surface area (Å²) in [6.45, 7) is -0.138.